The van der Waals surface area contributed by atoms with Crippen molar-refractivity contribution in [2.75, 3.05) is 0 Å². The van der Waals surface area contributed by atoms with Crippen molar-refractivity contribution in [3.8, 4) is 0 Å². The minimum absolute atomic E-state index is 0.00157. The molecule has 0 aliphatic heterocycles. The molecule has 0 N–H and O–H groups in total. The minimum atomic E-state index is -0.520. The number of halogens is 3. The van der Waals surface area contributed by atoms with Gasteiger partial charge in [0.15, 0.2) is 0 Å². The van der Waals surface area contributed by atoms with Crippen LogP contribution in [0.4, 0.5) is 8.78 Å². The highest BCUT2D eigenvalue weighted by molar-refractivity contribution is 9.09. The molecule has 0 radical (unpaired) electrons. The maximum atomic E-state index is 13.5. The van der Waals surface area contributed by atoms with Crippen molar-refractivity contribution in [1.82, 2.24) is 0 Å². The van der Waals surface area contributed by atoms with E-state index in [9.17, 15) is 8.78 Å². The summed E-state index contributed by atoms with van der Waals surface area (Å²) in [4.78, 5) is 0.394. The van der Waals surface area contributed by atoms with Crippen LogP contribution in [0.15, 0.2) is 18.2 Å². The average Bonchev–Trinajstić information content (AvgIpc) is 2.07. The zero-order chi connectivity index (χ0) is 12.3. The highest BCUT2D eigenvalue weighted by Gasteiger charge is 2.22. The van der Waals surface area contributed by atoms with E-state index >= 15 is 0 Å². The van der Waals surface area contributed by atoms with E-state index < -0.39 is 11.6 Å². The molecule has 1 rings (SSSR count). The second-order valence-corrected chi connectivity index (χ2v) is 6.62. The van der Waals surface area contributed by atoms with Gasteiger partial charge in [0, 0.05) is 10.9 Å². The standard InChI is InChI=1S/C13H17BrF2/c1-9(14)7-13(2,3)8-10-4-5-11(15)6-12(10)16/h4-6,9H,7-8H2,1-3H3. The molecule has 0 aliphatic carbocycles. The van der Waals surface area contributed by atoms with Crippen LogP contribution in [0.3, 0.4) is 0 Å². The van der Waals surface area contributed by atoms with Crippen LogP contribution >= 0.6 is 15.9 Å². The Kier molecular flexibility index (Phi) is 4.48. The predicted molar refractivity (Wildman–Crippen MR) is 66.8 cm³/mol. The van der Waals surface area contributed by atoms with E-state index in [0.717, 1.165) is 12.5 Å². The van der Waals surface area contributed by atoms with Crippen LogP contribution in [-0.2, 0) is 6.42 Å². The van der Waals surface area contributed by atoms with Crippen molar-refractivity contribution in [3.05, 3.63) is 35.4 Å². The summed E-state index contributed by atoms with van der Waals surface area (Å²) in [6.45, 7) is 6.25. The first-order valence-corrected chi connectivity index (χ1v) is 6.30. The van der Waals surface area contributed by atoms with Crippen LogP contribution in [-0.4, -0.2) is 4.83 Å². The van der Waals surface area contributed by atoms with Crippen LogP contribution in [0, 0.1) is 17.0 Å². The van der Waals surface area contributed by atoms with Crippen molar-refractivity contribution in [2.45, 2.75) is 38.4 Å². The Morgan fingerprint density at radius 1 is 1.31 bits per heavy atom. The van der Waals surface area contributed by atoms with Gasteiger partial charge in [-0.25, -0.2) is 8.78 Å². The highest BCUT2D eigenvalue weighted by atomic mass is 79.9. The number of rotatable bonds is 4. The zero-order valence-electron chi connectivity index (χ0n) is 9.86. The van der Waals surface area contributed by atoms with Gasteiger partial charge in [-0.05, 0) is 29.9 Å². The van der Waals surface area contributed by atoms with Gasteiger partial charge in [-0.3, -0.25) is 0 Å². The first kappa shape index (κ1) is 13.6. The van der Waals surface area contributed by atoms with Gasteiger partial charge < -0.3 is 0 Å². The SMILES string of the molecule is CC(Br)CC(C)(C)Cc1ccc(F)cc1F. The van der Waals surface area contributed by atoms with Crippen LogP contribution in [0.5, 0.6) is 0 Å². The van der Waals surface area contributed by atoms with Gasteiger partial charge in [-0.15, -0.1) is 0 Å². The molecular formula is C13H17BrF2. The van der Waals surface area contributed by atoms with Crippen LogP contribution in [0.2, 0.25) is 0 Å². The molecule has 0 aromatic heterocycles. The first-order valence-electron chi connectivity index (χ1n) is 5.38. The third-order valence-corrected chi connectivity index (χ3v) is 2.84. The van der Waals surface area contributed by atoms with E-state index in [1.54, 1.807) is 0 Å². The molecule has 16 heavy (non-hydrogen) atoms. The summed E-state index contributed by atoms with van der Waals surface area (Å²) < 4.78 is 26.2. The largest absolute Gasteiger partial charge is 0.207 e. The smallest absolute Gasteiger partial charge is 0.129 e. The van der Waals surface area contributed by atoms with E-state index in [-0.39, 0.29) is 5.41 Å². The molecule has 0 amide bonds. The summed E-state index contributed by atoms with van der Waals surface area (Å²) in [6, 6.07) is 3.79. The Hall–Kier alpha value is -0.440. The molecule has 3 heteroatoms. The van der Waals surface area contributed by atoms with Crippen LogP contribution in [0.1, 0.15) is 32.8 Å². The second-order valence-electron chi connectivity index (χ2n) is 5.06. The number of hydrogen-bond donors (Lipinski definition) is 0. The fraction of sp³-hybridized carbons (Fsp3) is 0.538. The Morgan fingerprint density at radius 2 is 1.94 bits per heavy atom. The summed E-state index contributed by atoms with van der Waals surface area (Å²) in [6.07, 6.45) is 1.57. The molecule has 0 fully saturated rings. The first-order chi connectivity index (χ1) is 7.30. The third-order valence-electron chi connectivity index (χ3n) is 2.52. The fourth-order valence-corrected chi connectivity index (χ4v) is 2.89. The molecule has 90 valence electrons. The van der Waals surface area contributed by atoms with Gasteiger partial charge in [-0.1, -0.05) is 42.8 Å². The van der Waals surface area contributed by atoms with Crippen molar-refractivity contribution in [2.24, 2.45) is 5.41 Å². The number of benzene rings is 1. The summed E-state index contributed by atoms with van der Waals surface area (Å²) in [5.74, 6) is -0.969. The molecule has 0 spiro atoms. The van der Waals surface area contributed by atoms with Crippen molar-refractivity contribution >= 4 is 15.9 Å². The lowest BCUT2D eigenvalue weighted by molar-refractivity contribution is 0.329. The molecule has 0 saturated heterocycles. The molecule has 0 nitrogen and oxygen atoms in total. The molecule has 0 heterocycles. The lowest BCUT2D eigenvalue weighted by Gasteiger charge is -2.26. The van der Waals surface area contributed by atoms with Crippen LogP contribution < -0.4 is 0 Å². The molecule has 1 unspecified atom stereocenters. The van der Waals surface area contributed by atoms with Gasteiger partial charge in [0.2, 0.25) is 0 Å². The number of alkyl halides is 1. The second kappa shape index (κ2) is 5.26. The average molecular weight is 291 g/mol. The third kappa shape index (κ3) is 4.20. The Morgan fingerprint density at radius 3 is 2.44 bits per heavy atom. The van der Waals surface area contributed by atoms with Crippen LogP contribution in [0.25, 0.3) is 0 Å². The summed E-state index contributed by atoms with van der Waals surface area (Å²) >= 11 is 3.50. The summed E-state index contributed by atoms with van der Waals surface area (Å²) in [5, 5.41) is 0. The van der Waals surface area contributed by atoms with Gasteiger partial charge >= 0.3 is 0 Å². The van der Waals surface area contributed by atoms with E-state index in [2.05, 4.69) is 36.7 Å². The van der Waals surface area contributed by atoms with Crippen molar-refractivity contribution in [3.63, 3.8) is 0 Å². The highest BCUT2D eigenvalue weighted by Crippen LogP contribution is 2.30. The van der Waals surface area contributed by atoms with Gasteiger partial charge in [0.05, 0.1) is 0 Å². The molecule has 0 bridgehead atoms. The Labute approximate surface area is 104 Å². The topological polar surface area (TPSA) is 0 Å². The minimum Gasteiger partial charge on any atom is -0.207 e. The quantitative estimate of drug-likeness (QED) is 0.705. The maximum Gasteiger partial charge on any atom is 0.129 e. The zero-order valence-corrected chi connectivity index (χ0v) is 11.4. The van der Waals surface area contributed by atoms with E-state index in [1.807, 2.05) is 0 Å². The normalized spacial score (nSPS) is 13.9. The lowest BCUT2D eigenvalue weighted by Crippen LogP contribution is -2.19. The Bertz CT molecular complexity index is 359. The van der Waals surface area contributed by atoms with E-state index in [1.165, 1.54) is 12.1 Å². The van der Waals surface area contributed by atoms with Gasteiger partial charge in [0.1, 0.15) is 11.6 Å². The monoisotopic (exact) mass is 290 g/mol. The molecule has 0 saturated carbocycles. The number of hydrogen-bond acceptors (Lipinski definition) is 0. The fourth-order valence-electron chi connectivity index (χ4n) is 2.01. The van der Waals surface area contributed by atoms with E-state index in [4.69, 9.17) is 0 Å². The van der Waals surface area contributed by atoms with Crippen molar-refractivity contribution in [1.29, 1.82) is 0 Å². The Balaban J connectivity index is 2.79. The lowest BCUT2D eigenvalue weighted by atomic mass is 9.81. The molecular weight excluding hydrogens is 274 g/mol. The molecule has 1 atom stereocenters. The molecule has 1 aromatic carbocycles. The van der Waals surface area contributed by atoms with Gasteiger partial charge in [0.25, 0.3) is 0 Å². The molecule has 0 aliphatic rings. The predicted octanol–water partition coefficient (Wildman–Crippen LogP) is 4.71. The summed E-state index contributed by atoms with van der Waals surface area (Å²) in [7, 11) is 0. The maximum absolute atomic E-state index is 13.5. The summed E-state index contributed by atoms with van der Waals surface area (Å²) in [5.41, 5.74) is 0.584. The molecule has 1 aromatic rings. The van der Waals surface area contributed by atoms with Crippen molar-refractivity contribution < 1.29 is 8.78 Å². The van der Waals surface area contributed by atoms with E-state index in [0.29, 0.717) is 16.8 Å². The van der Waals surface area contributed by atoms with Gasteiger partial charge in [-0.2, -0.15) is 0 Å².